The first-order valence-electron chi connectivity index (χ1n) is 29.4. The number of rotatable bonds is 60. The summed E-state index contributed by atoms with van der Waals surface area (Å²) < 4.78 is 104. The molecule has 0 rings (SSSR count). The average molecular weight is 1290 g/mol. The Kier molecular flexibility index (Phi) is 46.4. The fraction of sp³-hybridized carbons (Fsp3) is 1.00. The molecule has 0 aromatic rings. The van der Waals surface area contributed by atoms with Crippen molar-refractivity contribution in [3.8, 4) is 0 Å². The molecule has 0 aromatic carbocycles. The van der Waals surface area contributed by atoms with Crippen molar-refractivity contribution in [2.24, 2.45) is 0 Å². The predicted molar refractivity (Wildman–Crippen MR) is 337 cm³/mol. The normalized spacial score (nSPS) is 14.9. The molecule has 0 aromatic heterocycles. The Balaban J connectivity index is 7.60. The Morgan fingerprint density at radius 2 is 0.407 bits per heavy atom. The van der Waals surface area contributed by atoms with Gasteiger partial charge < -0.3 is 101 Å². The monoisotopic (exact) mass is 1290 g/mol. The van der Waals surface area contributed by atoms with Gasteiger partial charge in [0.15, 0.2) is 0 Å². The Morgan fingerprint density at radius 3 is 0.593 bits per heavy atom. The van der Waals surface area contributed by atoms with Crippen molar-refractivity contribution in [2.45, 2.75) is 188 Å². The van der Waals surface area contributed by atoms with Gasteiger partial charge in [-0.3, -0.25) is 0 Å². The van der Waals surface area contributed by atoms with Gasteiger partial charge in [-0.15, -0.1) is 11.8 Å². The molecule has 0 aliphatic rings. The summed E-state index contributed by atoms with van der Waals surface area (Å²) in [6, 6.07) is 4.30. The molecular weight excluding hydrogens is 1170 g/mol. The number of hydrogen-bond acceptors (Lipinski definition) is 23. The summed E-state index contributed by atoms with van der Waals surface area (Å²) >= 11 is 2.10. The van der Waals surface area contributed by atoms with Crippen LogP contribution in [-0.2, 0) is 79.7 Å². The lowest BCUT2D eigenvalue weighted by Gasteiger charge is -2.48. The minimum absolute atomic E-state index is 0.111. The average Bonchev–Trinajstić information content (AvgIpc) is 3.52. The molecule has 0 saturated heterocycles. The van der Waals surface area contributed by atoms with Crippen LogP contribution in [0.15, 0.2) is 0 Å². The van der Waals surface area contributed by atoms with Crippen molar-refractivity contribution < 1.29 is 79.7 Å². The van der Waals surface area contributed by atoms with Crippen LogP contribution in [0.25, 0.3) is 0 Å². The molecule has 0 bridgehead atoms. The number of thioether (sulfide) groups is 1. The number of nitrogens with one attached hydrogen (secondary N) is 4. The van der Waals surface area contributed by atoms with Crippen molar-refractivity contribution in [1.82, 2.24) is 21.3 Å². The van der Waals surface area contributed by atoms with E-state index in [0.29, 0.717) is 50.4 Å². The molecule has 0 radical (unpaired) electrons. The standard InChI is InChI=1S/C52H122N4O18SSi6/c1-51(37-29-25-21-23-27-31-43-76(57-3,58-4)59-5,49(53-39-33-45-78(63-9,64-10)65-11)54-40-34-46-79(66-12,67-13)68-14)75-52(2,38-30-26-22-24-28-32-44-77(60-6,61-7)62-8)50(55-41-35-47-80(69-15,70-16)71-17)56-42-36-48-81(72-18,73-19)74-20/h49-50,53-56H,21-48H2,1-20H3. The largest absolute Gasteiger partial charge is 0.500 e. The number of unbranched alkanes of at least 4 members (excludes halogenated alkanes) is 10. The van der Waals surface area contributed by atoms with Crippen LogP contribution in [-0.4, -0.2) is 229 Å². The van der Waals surface area contributed by atoms with Gasteiger partial charge in [-0.2, -0.15) is 0 Å². The third-order valence-corrected chi connectivity index (χ3v) is 34.9. The fourth-order valence-electron chi connectivity index (χ4n) is 10.6. The van der Waals surface area contributed by atoms with Gasteiger partial charge in [-0.25, -0.2) is 0 Å². The first kappa shape index (κ1) is 81.8. The molecule has 0 amide bonds. The van der Waals surface area contributed by atoms with Crippen LogP contribution in [0.3, 0.4) is 0 Å². The fourth-order valence-corrected chi connectivity index (χ4v) is 23.2. The lowest BCUT2D eigenvalue weighted by molar-refractivity contribution is 0.122. The van der Waals surface area contributed by atoms with Crippen molar-refractivity contribution in [2.75, 3.05) is 154 Å². The van der Waals surface area contributed by atoms with Gasteiger partial charge in [0.2, 0.25) is 0 Å². The third-order valence-electron chi connectivity index (χ3n) is 16.1. The van der Waals surface area contributed by atoms with E-state index < -0.39 is 52.8 Å². The van der Waals surface area contributed by atoms with Gasteiger partial charge in [0.05, 0.1) is 12.3 Å². The Hall–Kier alpha value is 0.771. The lowest BCUT2D eigenvalue weighted by atomic mass is 9.96. The van der Waals surface area contributed by atoms with E-state index in [0.717, 1.165) is 128 Å². The molecule has 81 heavy (non-hydrogen) atoms. The van der Waals surface area contributed by atoms with E-state index in [4.69, 9.17) is 79.7 Å². The zero-order chi connectivity index (χ0) is 61.2. The van der Waals surface area contributed by atoms with Gasteiger partial charge >= 0.3 is 52.8 Å². The SMILES string of the molecule is CO[Si](CCCCCCCCC(C)(SC(C)(CCCCCCCC[Si](OC)(OC)OC)C(NCCC[Si](OC)(OC)OC)NCCC[Si](OC)(OC)OC)C(NCCC[Si](OC)(OC)OC)NCCC[Si](OC)(OC)OC)(OC)OC. The van der Waals surface area contributed by atoms with Crippen LogP contribution in [0.2, 0.25) is 36.3 Å². The van der Waals surface area contributed by atoms with E-state index in [1.54, 1.807) is 128 Å². The molecule has 2 atom stereocenters. The van der Waals surface area contributed by atoms with Gasteiger partial charge in [0.25, 0.3) is 0 Å². The van der Waals surface area contributed by atoms with Crippen molar-refractivity contribution in [1.29, 1.82) is 0 Å². The summed E-state index contributed by atoms with van der Waals surface area (Å²) in [6.45, 7) is 7.80. The van der Waals surface area contributed by atoms with Crippen LogP contribution in [0.4, 0.5) is 0 Å². The maximum atomic E-state index is 5.87. The lowest BCUT2D eigenvalue weighted by Crippen LogP contribution is -2.62. The van der Waals surface area contributed by atoms with Gasteiger partial charge in [-0.05, 0) is 91.4 Å². The molecule has 0 spiro atoms. The van der Waals surface area contributed by atoms with Crippen molar-refractivity contribution in [3.05, 3.63) is 0 Å². The minimum atomic E-state index is -2.82. The highest BCUT2D eigenvalue weighted by atomic mass is 32.2. The summed E-state index contributed by atoms with van der Waals surface area (Å²) in [6.07, 6.45) is 17.9. The Labute approximate surface area is 504 Å². The second kappa shape index (κ2) is 45.9. The summed E-state index contributed by atoms with van der Waals surface area (Å²) in [7, 11) is 13.7. The van der Waals surface area contributed by atoms with Gasteiger partial charge in [0, 0.05) is 174 Å². The molecule has 2 unspecified atom stereocenters. The predicted octanol–water partition coefficient (Wildman–Crippen LogP) is 8.54. The van der Waals surface area contributed by atoms with E-state index in [9.17, 15) is 0 Å². The molecule has 0 fully saturated rings. The molecule has 488 valence electrons. The first-order chi connectivity index (χ1) is 38.8. The van der Waals surface area contributed by atoms with Crippen LogP contribution in [0.5, 0.6) is 0 Å². The molecule has 0 saturated carbocycles. The molecule has 22 nitrogen and oxygen atoms in total. The molecule has 0 heterocycles. The molecule has 0 aliphatic carbocycles. The highest BCUT2D eigenvalue weighted by Crippen LogP contribution is 2.46. The maximum absolute atomic E-state index is 5.87. The highest BCUT2D eigenvalue weighted by Gasteiger charge is 2.47. The summed E-state index contributed by atoms with van der Waals surface area (Å²) in [5.74, 6) is 0. The van der Waals surface area contributed by atoms with E-state index in [-0.39, 0.29) is 21.8 Å². The van der Waals surface area contributed by atoms with E-state index in [1.807, 2.05) is 0 Å². The first-order valence-corrected chi connectivity index (χ1v) is 41.8. The van der Waals surface area contributed by atoms with E-state index >= 15 is 0 Å². The summed E-state index contributed by atoms with van der Waals surface area (Å²) in [4.78, 5) is 0. The Morgan fingerprint density at radius 1 is 0.247 bits per heavy atom. The smallest absolute Gasteiger partial charge is 0.377 e. The molecule has 0 aliphatic heterocycles. The van der Waals surface area contributed by atoms with Crippen LogP contribution >= 0.6 is 11.8 Å². The zero-order valence-electron chi connectivity index (χ0n) is 54.7. The number of hydrogen-bond donors (Lipinski definition) is 4. The molecular formula is C52H122N4O18SSi6. The van der Waals surface area contributed by atoms with Crippen LogP contribution in [0.1, 0.15) is 129 Å². The van der Waals surface area contributed by atoms with Gasteiger partial charge in [0.1, 0.15) is 0 Å². The van der Waals surface area contributed by atoms with E-state index in [2.05, 4.69) is 46.9 Å². The summed E-state index contributed by atoms with van der Waals surface area (Å²) in [5, 5.41) is 16.3. The Bertz CT molecular complexity index is 1280. The van der Waals surface area contributed by atoms with Crippen molar-refractivity contribution in [3.63, 3.8) is 0 Å². The topological polar surface area (TPSA) is 214 Å². The quantitative estimate of drug-likeness (QED) is 0.0255. The van der Waals surface area contributed by atoms with E-state index in [1.165, 1.54) is 0 Å². The van der Waals surface area contributed by atoms with Crippen LogP contribution < -0.4 is 21.3 Å². The second-order valence-corrected chi connectivity index (χ2v) is 41.5. The third kappa shape index (κ3) is 29.3. The summed E-state index contributed by atoms with van der Waals surface area (Å²) in [5.41, 5.74) is 0. The van der Waals surface area contributed by atoms with Crippen LogP contribution in [0, 0.1) is 0 Å². The second-order valence-electron chi connectivity index (χ2n) is 20.8. The molecule has 29 heteroatoms. The van der Waals surface area contributed by atoms with Crippen molar-refractivity contribution >= 4 is 64.6 Å². The molecule has 4 N–H and O–H groups in total. The highest BCUT2D eigenvalue weighted by molar-refractivity contribution is 8.02. The zero-order valence-corrected chi connectivity index (χ0v) is 61.5. The minimum Gasteiger partial charge on any atom is -0.377 e. The maximum Gasteiger partial charge on any atom is 0.500 e. The van der Waals surface area contributed by atoms with Gasteiger partial charge in [-0.1, -0.05) is 64.2 Å².